The minimum absolute atomic E-state index is 0.618. The number of aliphatic carboxylic acids is 1. The van der Waals surface area contributed by atoms with Crippen LogP contribution in [-0.4, -0.2) is 35.2 Å². The molecule has 1 aromatic carbocycles. The zero-order chi connectivity index (χ0) is 14.0. The Kier molecular flexibility index (Phi) is 3.80. The number of likely N-dealkylation sites (N-methyl/N-ethyl adjacent to an activating group) is 1. The molecule has 0 radical (unpaired) electrons. The van der Waals surface area contributed by atoms with E-state index in [-0.39, 0.29) is 0 Å². The van der Waals surface area contributed by atoms with Gasteiger partial charge in [-0.25, -0.2) is 0 Å². The zero-order valence-corrected chi connectivity index (χ0v) is 11.8. The number of carboxylic acids is 1. The van der Waals surface area contributed by atoms with Gasteiger partial charge in [0.25, 0.3) is 0 Å². The van der Waals surface area contributed by atoms with E-state index in [9.17, 15) is 9.90 Å². The number of rotatable bonds is 4. The van der Waals surface area contributed by atoms with Crippen molar-refractivity contribution >= 4 is 5.97 Å². The van der Waals surface area contributed by atoms with Gasteiger partial charge in [0, 0.05) is 6.54 Å². The molecule has 4 heteroatoms. The van der Waals surface area contributed by atoms with Crippen molar-refractivity contribution in [3.05, 3.63) is 29.3 Å². The summed E-state index contributed by atoms with van der Waals surface area (Å²) in [5, 5.41) is 9.22. The van der Waals surface area contributed by atoms with Crippen LogP contribution in [0.5, 0.6) is 5.75 Å². The topological polar surface area (TPSA) is 49.8 Å². The van der Waals surface area contributed by atoms with Gasteiger partial charge in [-0.05, 0) is 50.9 Å². The van der Waals surface area contributed by atoms with Gasteiger partial charge in [-0.15, -0.1) is 0 Å². The second kappa shape index (κ2) is 5.21. The van der Waals surface area contributed by atoms with Crippen LogP contribution in [-0.2, 0) is 17.8 Å². The summed E-state index contributed by atoms with van der Waals surface area (Å²) in [5.74, 6) is 0.159. The van der Waals surface area contributed by atoms with Gasteiger partial charge >= 0.3 is 5.97 Å². The van der Waals surface area contributed by atoms with E-state index in [1.807, 2.05) is 24.1 Å². The number of carboxylic acid groups (broad SMARTS) is 1. The molecule has 104 valence electrons. The van der Waals surface area contributed by atoms with Gasteiger partial charge in [0.2, 0.25) is 0 Å². The quantitative estimate of drug-likeness (QED) is 0.905. The van der Waals surface area contributed by atoms with Gasteiger partial charge in [-0.1, -0.05) is 12.1 Å². The molecule has 0 unspecified atom stereocenters. The Hall–Kier alpha value is -1.55. The number of benzene rings is 1. The van der Waals surface area contributed by atoms with Crippen molar-refractivity contribution in [1.29, 1.82) is 0 Å². The molecule has 0 aliphatic carbocycles. The van der Waals surface area contributed by atoms with Crippen LogP contribution in [0.1, 0.15) is 31.4 Å². The predicted octanol–water partition coefficient (Wildman–Crippen LogP) is 2.31. The first kappa shape index (κ1) is 13.9. The molecular formula is C15H21NO3. The lowest BCUT2D eigenvalue weighted by atomic mass is 10.0. The molecule has 0 bridgehead atoms. The molecule has 19 heavy (non-hydrogen) atoms. The van der Waals surface area contributed by atoms with E-state index < -0.39 is 11.5 Å². The zero-order valence-electron chi connectivity index (χ0n) is 11.8. The van der Waals surface area contributed by atoms with E-state index >= 15 is 0 Å². The Bertz CT molecular complexity index is 482. The summed E-state index contributed by atoms with van der Waals surface area (Å²) in [7, 11) is 1.84. The van der Waals surface area contributed by atoms with E-state index in [2.05, 4.69) is 6.07 Å². The molecule has 0 fully saturated rings. The average molecular weight is 263 g/mol. The van der Waals surface area contributed by atoms with Crippen LogP contribution in [0.2, 0.25) is 0 Å². The first-order valence-electron chi connectivity index (χ1n) is 6.60. The number of hydrogen-bond donors (Lipinski definition) is 1. The number of aryl methyl sites for hydroxylation is 1. The fraction of sp³-hybridized carbons (Fsp3) is 0.533. The Balaban J connectivity index is 2.13. The molecule has 2 rings (SSSR count). The van der Waals surface area contributed by atoms with Crippen LogP contribution in [0.4, 0.5) is 0 Å². The minimum Gasteiger partial charge on any atom is -0.493 e. The maximum absolute atomic E-state index is 11.2. The highest BCUT2D eigenvalue weighted by atomic mass is 16.5. The van der Waals surface area contributed by atoms with Crippen LogP contribution in [0.25, 0.3) is 0 Å². The van der Waals surface area contributed by atoms with Crippen LogP contribution in [0.3, 0.4) is 0 Å². The SMILES string of the molecule is CN(Cc1ccc2c(c1)CCCO2)C(C)(C)C(=O)O. The van der Waals surface area contributed by atoms with Crippen LogP contribution in [0.15, 0.2) is 18.2 Å². The molecule has 0 aromatic heterocycles. The number of ether oxygens (including phenoxy) is 1. The van der Waals surface area contributed by atoms with Crippen molar-refractivity contribution in [2.24, 2.45) is 0 Å². The largest absolute Gasteiger partial charge is 0.493 e. The Labute approximate surface area is 114 Å². The van der Waals surface area contributed by atoms with E-state index in [4.69, 9.17) is 4.74 Å². The van der Waals surface area contributed by atoms with Crippen LogP contribution < -0.4 is 4.74 Å². The van der Waals surface area contributed by atoms with Gasteiger partial charge < -0.3 is 9.84 Å². The van der Waals surface area contributed by atoms with Crippen molar-refractivity contribution in [2.75, 3.05) is 13.7 Å². The molecule has 0 saturated carbocycles. The Morgan fingerprint density at radius 3 is 2.89 bits per heavy atom. The minimum atomic E-state index is -0.869. The molecule has 1 aliphatic rings. The fourth-order valence-corrected chi connectivity index (χ4v) is 2.15. The lowest BCUT2D eigenvalue weighted by Crippen LogP contribution is -2.47. The van der Waals surface area contributed by atoms with Crippen molar-refractivity contribution in [3.63, 3.8) is 0 Å². The standard InChI is InChI=1S/C15H21NO3/c1-15(2,14(17)18)16(3)10-11-6-7-13-12(9-11)5-4-8-19-13/h6-7,9H,4-5,8,10H2,1-3H3,(H,17,18). The summed E-state index contributed by atoms with van der Waals surface area (Å²) in [4.78, 5) is 13.1. The second-order valence-corrected chi connectivity index (χ2v) is 5.61. The number of carbonyl (C=O) groups is 1. The molecule has 1 heterocycles. The smallest absolute Gasteiger partial charge is 0.323 e. The summed E-state index contributed by atoms with van der Waals surface area (Å²) in [5.41, 5.74) is 1.48. The third-order valence-electron chi connectivity index (χ3n) is 3.87. The fourth-order valence-electron chi connectivity index (χ4n) is 2.15. The van der Waals surface area contributed by atoms with E-state index in [0.29, 0.717) is 6.54 Å². The Morgan fingerprint density at radius 2 is 2.21 bits per heavy atom. The summed E-state index contributed by atoms with van der Waals surface area (Å²) >= 11 is 0. The number of hydrogen-bond acceptors (Lipinski definition) is 3. The lowest BCUT2D eigenvalue weighted by Gasteiger charge is -2.31. The van der Waals surface area contributed by atoms with Crippen molar-refractivity contribution in [3.8, 4) is 5.75 Å². The van der Waals surface area contributed by atoms with Gasteiger partial charge in [0.15, 0.2) is 0 Å². The van der Waals surface area contributed by atoms with Gasteiger partial charge in [0.05, 0.1) is 6.61 Å². The third-order valence-corrected chi connectivity index (χ3v) is 3.87. The third kappa shape index (κ3) is 2.89. The molecule has 0 saturated heterocycles. The second-order valence-electron chi connectivity index (χ2n) is 5.61. The molecule has 1 aromatic rings. The van der Waals surface area contributed by atoms with Gasteiger partial charge in [-0.3, -0.25) is 9.69 Å². The number of fused-ring (bicyclic) bond motifs is 1. The highest BCUT2D eigenvalue weighted by Gasteiger charge is 2.31. The summed E-state index contributed by atoms with van der Waals surface area (Å²) in [6.45, 7) is 4.85. The maximum Gasteiger partial charge on any atom is 0.323 e. The lowest BCUT2D eigenvalue weighted by molar-refractivity contribution is -0.148. The van der Waals surface area contributed by atoms with Crippen LogP contribution in [0, 0.1) is 0 Å². The molecular weight excluding hydrogens is 242 g/mol. The van der Waals surface area contributed by atoms with Crippen LogP contribution >= 0.6 is 0 Å². The molecule has 0 spiro atoms. The Morgan fingerprint density at radius 1 is 1.47 bits per heavy atom. The number of nitrogens with zero attached hydrogens (tertiary/aromatic N) is 1. The first-order chi connectivity index (χ1) is 8.91. The van der Waals surface area contributed by atoms with E-state index in [1.54, 1.807) is 13.8 Å². The monoisotopic (exact) mass is 263 g/mol. The van der Waals surface area contributed by atoms with E-state index in [1.165, 1.54) is 5.56 Å². The van der Waals surface area contributed by atoms with Gasteiger partial charge in [-0.2, -0.15) is 0 Å². The summed E-state index contributed by atoms with van der Waals surface area (Å²) in [6.07, 6.45) is 2.09. The summed E-state index contributed by atoms with van der Waals surface area (Å²) < 4.78 is 5.58. The summed E-state index contributed by atoms with van der Waals surface area (Å²) in [6, 6.07) is 6.13. The maximum atomic E-state index is 11.2. The van der Waals surface area contributed by atoms with E-state index in [0.717, 1.165) is 30.8 Å². The average Bonchev–Trinajstić information content (AvgIpc) is 2.38. The van der Waals surface area contributed by atoms with Crippen molar-refractivity contribution in [2.45, 2.75) is 38.8 Å². The first-order valence-corrected chi connectivity index (χ1v) is 6.60. The van der Waals surface area contributed by atoms with Crippen molar-refractivity contribution < 1.29 is 14.6 Å². The molecule has 0 atom stereocenters. The van der Waals surface area contributed by atoms with Gasteiger partial charge in [0.1, 0.15) is 11.3 Å². The predicted molar refractivity (Wildman–Crippen MR) is 73.4 cm³/mol. The molecule has 1 aliphatic heterocycles. The molecule has 0 amide bonds. The highest BCUT2D eigenvalue weighted by Crippen LogP contribution is 2.26. The highest BCUT2D eigenvalue weighted by molar-refractivity contribution is 5.77. The molecule has 1 N–H and O–H groups in total. The normalized spacial score (nSPS) is 14.9. The molecule has 4 nitrogen and oxygen atoms in total. The van der Waals surface area contributed by atoms with Crippen molar-refractivity contribution in [1.82, 2.24) is 4.90 Å².